The third-order valence-electron chi connectivity index (χ3n) is 2.64. The molecule has 0 aromatic carbocycles. The van der Waals surface area contributed by atoms with Crippen LogP contribution in [0.2, 0.25) is 0 Å². The van der Waals surface area contributed by atoms with E-state index in [9.17, 15) is 0 Å². The molecular formula is C10H17N3S. The molecule has 0 aliphatic carbocycles. The molecule has 1 aromatic rings. The predicted molar refractivity (Wildman–Crippen MR) is 61.8 cm³/mol. The molecule has 14 heavy (non-hydrogen) atoms. The van der Waals surface area contributed by atoms with Crippen molar-refractivity contribution in [2.75, 3.05) is 23.7 Å². The lowest BCUT2D eigenvalue weighted by atomic mass is 10.1. The maximum absolute atomic E-state index is 5.68. The Morgan fingerprint density at radius 3 is 2.36 bits per heavy atom. The van der Waals surface area contributed by atoms with Crippen molar-refractivity contribution >= 4 is 21.5 Å². The molecule has 3 nitrogen and oxygen atoms in total. The zero-order chi connectivity index (χ0) is 9.80. The summed E-state index contributed by atoms with van der Waals surface area (Å²) in [6.45, 7) is 2.29. The Morgan fingerprint density at radius 1 is 1.14 bits per heavy atom. The van der Waals surface area contributed by atoms with Gasteiger partial charge >= 0.3 is 0 Å². The fraction of sp³-hybridized carbons (Fsp3) is 0.700. The van der Waals surface area contributed by atoms with E-state index in [2.05, 4.69) is 9.88 Å². The molecule has 2 N–H and O–H groups in total. The van der Waals surface area contributed by atoms with Crippen LogP contribution in [0, 0.1) is 0 Å². The van der Waals surface area contributed by atoms with Crippen LogP contribution in [0.1, 0.15) is 32.1 Å². The summed E-state index contributed by atoms with van der Waals surface area (Å²) in [5.41, 5.74) is 5.68. The molecule has 0 bridgehead atoms. The van der Waals surface area contributed by atoms with E-state index in [0.29, 0.717) is 0 Å². The Kier molecular flexibility index (Phi) is 3.24. The van der Waals surface area contributed by atoms with Gasteiger partial charge in [-0.15, -0.1) is 0 Å². The Balaban J connectivity index is 2.00. The first kappa shape index (κ1) is 9.77. The van der Waals surface area contributed by atoms with Crippen molar-refractivity contribution in [3.8, 4) is 0 Å². The quantitative estimate of drug-likeness (QED) is 0.776. The molecule has 0 spiro atoms. The second kappa shape index (κ2) is 4.64. The van der Waals surface area contributed by atoms with Gasteiger partial charge in [-0.25, -0.2) is 4.98 Å². The van der Waals surface area contributed by atoms with Crippen molar-refractivity contribution in [3.63, 3.8) is 0 Å². The fourth-order valence-electron chi connectivity index (χ4n) is 1.86. The molecule has 0 unspecified atom stereocenters. The van der Waals surface area contributed by atoms with Gasteiger partial charge in [-0.1, -0.05) is 30.6 Å². The van der Waals surface area contributed by atoms with Crippen LogP contribution in [0.4, 0.5) is 10.1 Å². The second-order valence-electron chi connectivity index (χ2n) is 3.80. The van der Waals surface area contributed by atoms with E-state index in [1.165, 1.54) is 32.1 Å². The van der Waals surface area contributed by atoms with Gasteiger partial charge in [0.05, 0.1) is 6.20 Å². The van der Waals surface area contributed by atoms with Crippen LogP contribution in [-0.2, 0) is 0 Å². The highest BCUT2D eigenvalue weighted by Crippen LogP contribution is 2.25. The molecule has 1 saturated heterocycles. The molecule has 0 radical (unpaired) electrons. The zero-order valence-electron chi connectivity index (χ0n) is 8.41. The van der Waals surface area contributed by atoms with E-state index in [0.717, 1.165) is 23.2 Å². The summed E-state index contributed by atoms with van der Waals surface area (Å²) < 4.78 is 0. The Bertz CT molecular complexity index is 277. The van der Waals surface area contributed by atoms with Crippen LogP contribution < -0.4 is 10.6 Å². The number of aromatic nitrogens is 1. The van der Waals surface area contributed by atoms with Crippen molar-refractivity contribution in [1.82, 2.24) is 4.98 Å². The zero-order valence-corrected chi connectivity index (χ0v) is 9.22. The van der Waals surface area contributed by atoms with Gasteiger partial charge in [-0.2, -0.15) is 0 Å². The number of nitrogens with zero attached hydrogens (tertiary/aromatic N) is 2. The Morgan fingerprint density at radius 2 is 1.79 bits per heavy atom. The number of hydrogen-bond acceptors (Lipinski definition) is 4. The minimum atomic E-state index is 0.821. The van der Waals surface area contributed by atoms with Crippen molar-refractivity contribution in [2.45, 2.75) is 32.1 Å². The van der Waals surface area contributed by atoms with E-state index in [4.69, 9.17) is 5.73 Å². The van der Waals surface area contributed by atoms with Crippen molar-refractivity contribution in [1.29, 1.82) is 0 Å². The molecule has 78 valence electrons. The standard InChI is InChI=1S/C10H17N3S/c11-9-8-12-10(14-9)13-6-4-2-1-3-5-7-13/h8H,1-7,11H2. The summed E-state index contributed by atoms with van der Waals surface area (Å²) in [4.78, 5) is 6.71. The molecule has 1 aromatic heterocycles. The highest BCUT2D eigenvalue weighted by Gasteiger charge is 2.11. The highest BCUT2D eigenvalue weighted by molar-refractivity contribution is 7.19. The van der Waals surface area contributed by atoms with Crippen molar-refractivity contribution < 1.29 is 0 Å². The number of hydrogen-bond donors (Lipinski definition) is 1. The molecular weight excluding hydrogens is 194 g/mol. The molecule has 2 rings (SSSR count). The van der Waals surface area contributed by atoms with Gasteiger partial charge < -0.3 is 10.6 Å². The largest absolute Gasteiger partial charge is 0.389 e. The van der Waals surface area contributed by atoms with Crippen molar-refractivity contribution in [3.05, 3.63) is 6.20 Å². The van der Waals surface area contributed by atoms with Gasteiger partial charge in [-0.05, 0) is 12.8 Å². The first-order valence-corrected chi connectivity index (χ1v) is 6.14. The van der Waals surface area contributed by atoms with Gasteiger partial charge in [0.15, 0.2) is 5.13 Å². The molecule has 1 aliphatic rings. The summed E-state index contributed by atoms with van der Waals surface area (Å²) in [7, 11) is 0. The van der Waals surface area contributed by atoms with Crippen LogP contribution in [0.5, 0.6) is 0 Å². The van der Waals surface area contributed by atoms with Crippen LogP contribution in [-0.4, -0.2) is 18.1 Å². The van der Waals surface area contributed by atoms with E-state index >= 15 is 0 Å². The monoisotopic (exact) mass is 211 g/mol. The third-order valence-corrected chi connectivity index (χ3v) is 3.53. The van der Waals surface area contributed by atoms with Crippen LogP contribution >= 0.6 is 11.3 Å². The minimum Gasteiger partial charge on any atom is -0.389 e. The molecule has 1 fully saturated rings. The molecule has 2 heterocycles. The smallest absolute Gasteiger partial charge is 0.187 e. The molecule has 0 atom stereocenters. The lowest BCUT2D eigenvalue weighted by Crippen LogP contribution is -2.26. The maximum atomic E-state index is 5.68. The number of anilines is 2. The van der Waals surface area contributed by atoms with E-state index in [1.54, 1.807) is 17.5 Å². The topological polar surface area (TPSA) is 42.1 Å². The lowest BCUT2D eigenvalue weighted by molar-refractivity contribution is 0.556. The van der Waals surface area contributed by atoms with E-state index in [1.807, 2.05) is 0 Å². The van der Waals surface area contributed by atoms with Crippen LogP contribution in [0.25, 0.3) is 0 Å². The number of nitrogens with two attached hydrogens (primary N) is 1. The van der Waals surface area contributed by atoms with E-state index in [-0.39, 0.29) is 0 Å². The van der Waals surface area contributed by atoms with Gasteiger partial charge in [0.1, 0.15) is 5.00 Å². The second-order valence-corrected chi connectivity index (χ2v) is 4.84. The summed E-state index contributed by atoms with van der Waals surface area (Å²) in [5.74, 6) is 0. The average Bonchev–Trinajstić information content (AvgIpc) is 2.51. The predicted octanol–water partition coefficient (Wildman–Crippen LogP) is 2.50. The van der Waals surface area contributed by atoms with E-state index < -0.39 is 0 Å². The number of thiazole rings is 1. The summed E-state index contributed by atoms with van der Waals surface area (Å²) in [5, 5.41) is 1.92. The molecule has 4 heteroatoms. The minimum absolute atomic E-state index is 0.821. The summed E-state index contributed by atoms with van der Waals surface area (Å²) in [6, 6.07) is 0. The SMILES string of the molecule is Nc1cnc(N2CCCCCCC2)s1. The number of rotatable bonds is 1. The normalized spacial score (nSPS) is 19.0. The van der Waals surface area contributed by atoms with Gasteiger partial charge in [-0.3, -0.25) is 0 Å². The average molecular weight is 211 g/mol. The molecule has 0 amide bonds. The lowest BCUT2D eigenvalue weighted by Gasteiger charge is -2.23. The fourth-order valence-corrected chi connectivity index (χ4v) is 2.60. The summed E-state index contributed by atoms with van der Waals surface area (Å²) >= 11 is 1.60. The maximum Gasteiger partial charge on any atom is 0.187 e. The first-order valence-electron chi connectivity index (χ1n) is 5.32. The van der Waals surface area contributed by atoms with Gasteiger partial charge in [0.2, 0.25) is 0 Å². The van der Waals surface area contributed by atoms with Crippen molar-refractivity contribution in [2.24, 2.45) is 0 Å². The van der Waals surface area contributed by atoms with Gasteiger partial charge in [0.25, 0.3) is 0 Å². The Hall–Kier alpha value is -0.770. The summed E-state index contributed by atoms with van der Waals surface area (Å²) in [6.07, 6.45) is 8.46. The molecule has 0 saturated carbocycles. The van der Waals surface area contributed by atoms with Gasteiger partial charge in [0, 0.05) is 13.1 Å². The molecule has 1 aliphatic heterocycles. The third kappa shape index (κ3) is 2.38. The van der Waals surface area contributed by atoms with Crippen LogP contribution in [0.15, 0.2) is 6.20 Å². The first-order chi connectivity index (χ1) is 6.86. The highest BCUT2D eigenvalue weighted by atomic mass is 32.1. The number of nitrogen functional groups attached to an aromatic ring is 1. The Labute approximate surface area is 88.9 Å². The van der Waals surface area contributed by atoms with Crippen LogP contribution in [0.3, 0.4) is 0 Å².